The summed E-state index contributed by atoms with van der Waals surface area (Å²) < 4.78 is 16.0. The van der Waals surface area contributed by atoms with Crippen molar-refractivity contribution in [3.8, 4) is 17.2 Å². The highest BCUT2D eigenvalue weighted by Gasteiger charge is 2.13. The van der Waals surface area contributed by atoms with E-state index in [2.05, 4.69) is 29.7 Å². The van der Waals surface area contributed by atoms with E-state index in [1.807, 2.05) is 24.3 Å². The summed E-state index contributed by atoms with van der Waals surface area (Å²) in [5.74, 6) is 1.68. The molecule has 0 bridgehead atoms. The van der Waals surface area contributed by atoms with E-state index in [0.29, 0.717) is 22.4 Å². The van der Waals surface area contributed by atoms with Gasteiger partial charge >= 0.3 is 0 Å². The predicted molar refractivity (Wildman–Crippen MR) is 111 cm³/mol. The third-order valence-corrected chi connectivity index (χ3v) is 4.16. The van der Waals surface area contributed by atoms with E-state index in [0.717, 1.165) is 17.8 Å². The summed E-state index contributed by atoms with van der Waals surface area (Å²) in [6.45, 7) is 2.20. The second kappa shape index (κ2) is 9.87. The van der Waals surface area contributed by atoms with Crippen molar-refractivity contribution in [2.45, 2.75) is 26.2 Å². The molecule has 5 nitrogen and oxygen atoms in total. The molecular formula is C20H26N2O3S. The van der Waals surface area contributed by atoms with E-state index in [9.17, 15) is 0 Å². The quantitative estimate of drug-likeness (QED) is 0.643. The molecule has 0 aliphatic heterocycles. The van der Waals surface area contributed by atoms with Crippen LogP contribution in [0.1, 0.15) is 25.3 Å². The van der Waals surface area contributed by atoms with Gasteiger partial charge in [0.05, 0.1) is 21.3 Å². The molecule has 0 amide bonds. The molecule has 0 radical (unpaired) electrons. The highest BCUT2D eigenvalue weighted by atomic mass is 32.1. The zero-order valence-electron chi connectivity index (χ0n) is 15.7. The number of hydrogen-bond acceptors (Lipinski definition) is 4. The molecule has 0 atom stereocenters. The zero-order valence-corrected chi connectivity index (χ0v) is 16.5. The summed E-state index contributed by atoms with van der Waals surface area (Å²) in [6, 6.07) is 11.9. The number of nitrogens with one attached hydrogen (secondary N) is 2. The average molecular weight is 375 g/mol. The number of hydrogen-bond donors (Lipinski definition) is 2. The van der Waals surface area contributed by atoms with Crippen LogP contribution < -0.4 is 24.8 Å². The number of unbranched alkanes of at least 4 members (excludes halogenated alkanes) is 1. The van der Waals surface area contributed by atoms with Crippen LogP contribution in [0.25, 0.3) is 0 Å². The standard InChI is InChI=1S/C20H26N2O3S/c1-5-6-7-14-8-10-15(11-9-14)21-20(26)22-16-12-17(23-2)19(25-4)18(13-16)24-3/h8-13H,5-7H2,1-4H3,(H2,21,22,26). The molecule has 2 rings (SSSR count). The first-order chi connectivity index (χ1) is 12.6. The first-order valence-corrected chi connectivity index (χ1v) is 8.99. The molecule has 0 aromatic heterocycles. The van der Waals surface area contributed by atoms with Gasteiger partial charge in [-0.2, -0.15) is 0 Å². The van der Waals surface area contributed by atoms with Gasteiger partial charge in [0.1, 0.15) is 0 Å². The minimum Gasteiger partial charge on any atom is -0.493 e. The second-order valence-corrected chi connectivity index (χ2v) is 6.20. The van der Waals surface area contributed by atoms with Crippen molar-refractivity contribution in [3.63, 3.8) is 0 Å². The maximum atomic E-state index is 5.41. The van der Waals surface area contributed by atoms with Crippen LogP contribution in [0, 0.1) is 0 Å². The van der Waals surface area contributed by atoms with Crippen molar-refractivity contribution < 1.29 is 14.2 Å². The van der Waals surface area contributed by atoms with Gasteiger partial charge in [-0.1, -0.05) is 25.5 Å². The van der Waals surface area contributed by atoms with E-state index < -0.39 is 0 Å². The van der Waals surface area contributed by atoms with Crippen LogP contribution in [0.3, 0.4) is 0 Å². The molecule has 0 aliphatic rings. The Balaban J connectivity index is 2.05. The maximum Gasteiger partial charge on any atom is 0.203 e. The molecule has 0 saturated carbocycles. The van der Waals surface area contributed by atoms with Crippen LogP contribution in [-0.4, -0.2) is 26.4 Å². The highest BCUT2D eigenvalue weighted by molar-refractivity contribution is 7.80. The maximum absolute atomic E-state index is 5.41. The van der Waals surface area contributed by atoms with E-state index >= 15 is 0 Å². The summed E-state index contributed by atoms with van der Waals surface area (Å²) in [4.78, 5) is 0. The number of thiocarbonyl (C=S) groups is 1. The van der Waals surface area contributed by atoms with Gasteiger partial charge in [0.2, 0.25) is 5.75 Å². The van der Waals surface area contributed by atoms with Crippen LogP contribution in [0.5, 0.6) is 17.2 Å². The lowest BCUT2D eigenvalue weighted by molar-refractivity contribution is 0.324. The topological polar surface area (TPSA) is 51.8 Å². The molecule has 2 aromatic carbocycles. The molecule has 6 heteroatoms. The molecule has 26 heavy (non-hydrogen) atoms. The number of rotatable bonds is 8. The van der Waals surface area contributed by atoms with Gasteiger partial charge in [0, 0.05) is 23.5 Å². The Bertz CT molecular complexity index is 707. The average Bonchev–Trinajstić information content (AvgIpc) is 2.66. The van der Waals surface area contributed by atoms with Crippen LogP contribution in [0.15, 0.2) is 36.4 Å². The summed E-state index contributed by atoms with van der Waals surface area (Å²) in [5.41, 5.74) is 3.02. The zero-order chi connectivity index (χ0) is 18.9. The number of benzene rings is 2. The van der Waals surface area contributed by atoms with Crippen molar-refractivity contribution in [2.75, 3.05) is 32.0 Å². The highest BCUT2D eigenvalue weighted by Crippen LogP contribution is 2.39. The van der Waals surface area contributed by atoms with Gasteiger partial charge in [0.25, 0.3) is 0 Å². The first kappa shape index (κ1) is 19.8. The van der Waals surface area contributed by atoms with Crippen molar-refractivity contribution in [2.24, 2.45) is 0 Å². The summed E-state index contributed by atoms with van der Waals surface area (Å²) >= 11 is 5.41. The minimum absolute atomic E-state index is 0.487. The van der Waals surface area contributed by atoms with Crippen LogP contribution in [0.4, 0.5) is 11.4 Å². The smallest absolute Gasteiger partial charge is 0.203 e. The van der Waals surface area contributed by atoms with Gasteiger partial charge in [-0.05, 0) is 42.8 Å². The third-order valence-electron chi connectivity index (χ3n) is 3.95. The molecule has 0 heterocycles. The molecule has 140 valence electrons. The summed E-state index contributed by atoms with van der Waals surface area (Å²) in [7, 11) is 4.74. The molecular weight excluding hydrogens is 348 g/mol. The fourth-order valence-electron chi connectivity index (χ4n) is 2.58. The second-order valence-electron chi connectivity index (χ2n) is 5.79. The molecule has 2 N–H and O–H groups in total. The van der Waals surface area contributed by atoms with Gasteiger partial charge < -0.3 is 24.8 Å². The molecule has 0 fully saturated rings. The molecule has 2 aromatic rings. The van der Waals surface area contributed by atoms with E-state index in [-0.39, 0.29) is 0 Å². The lowest BCUT2D eigenvalue weighted by atomic mass is 10.1. The monoisotopic (exact) mass is 374 g/mol. The Kier molecular flexibility index (Phi) is 7.53. The molecule has 0 unspecified atom stereocenters. The van der Waals surface area contributed by atoms with Crippen LogP contribution >= 0.6 is 12.2 Å². The van der Waals surface area contributed by atoms with Gasteiger partial charge in [-0.25, -0.2) is 0 Å². The predicted octanol–water partition coefficient (Wildman–Crippen LogP) is 4.86. The summed E-state index contributed by atoms with van der Waals surface area (Å²) in [5, 5.41) is 6.82. The van der Waals surface area contributed by atoms with Gasteiger partial charge in [-0.15, -0.1) is 0 Å². The van der Waals surface area contributed by atoms with Crippen molar-refractivity contribution in [1.82, 2.24) is 0 Å². The first-order valence-electron chi connectivity index (χ1n) is 8.58. The normalized spacial score (nSPS) is 10.2. The number of methoxy groups -OCH3 is 3. The Labute approximate surface area is 160 Å². The van der Waals surface area contributed by atoms with Crippen LogP contribution in [0.2, 0.25) is 0 Å². The SMILES string of the molecule is CCCCc1ccc(NC(=S)Nc2cc(OC)c(OC)c(OC)c2)cc1. The molecule has 0 spiro atoms. The lowest BCUT2D eigenvalue weighted by Gasteiger charge is -2.16. The molecule has 0 saturated heterocycles. The lowest BCUT2D eigenvalue weighted by Crippen LogP contribution is -2.19. The van der Waals surface area contributed by atoms with Gasteiger partial charge in [0.15, 0.2) is 16.6 Å². The summed E-state index contributed by atoms with van der Waals surface area (Å²) in [6.07, 6.45) is 3.50. The fourth-order valence-corrected chi connectivity index (χ4v) is 2.82. The Morgan fingerprint density at radius 1 is 0.885 bits per heavy atom. The largest absolute Gasteiger partial charge is 0.493 e. The van der Waals surface area contributed by atoms with Crippen LogP contribution in [-0.2, 0) is 6.42 Å². The minimum atomic E-state index is 0.487. The van der Waals surface area contributed by atoms with Gasteiger partial charge in [-0.3, -0.25) is 0 Å². The fraction of sp³-hybridized carbons (Fsp3) is 0.350. The number of ether oxygens (including phenoxy) is 3. The molecule has 0 aliphatic carbocycles. The third kappa shape index (κ3) is 5.26. The number of anilines is 2. The van der Waals surface area contributed by atoms with E-state index in [1.165, 1.54) is 18.4 Å². The Morgan fingerprint density at radius 3 is 1.96 bits per heavy atom. The Hall–Kier alpha value is -2.47. The van der Waals surface area contributed by atoms with Crippen molar-refractivity contribution in [1.29, 1.82) is 0 Å². The van der Waals surface area contributed by atoms with Crippen molar-refractivity contribution >= 4 is 28.7 Å². The number of aryl methyl sites for hydroxylation is 1. The van der Waals surface area contributed by atoms with E-state index in [1.54, 1.807) is 21.3 Å². The van der Waals surface area contributed by atoms with E-state index in [4.69, 9.17) is 26.4 Å². The van der Waals surface area contributed by atoms with Crippen molar-refractivity contribution in [3.05, 3.63) is 42.0 Å². The Morgan fingerprint density at radius 2 is 1.46 bits per heavy atom.